The van der Waals surface area contributed by atoms with Gasteiger partial charge in [0.25, 0.3) is 0 Å². The molecule has 0 unspecified atom stereocenters. The van der Waals surface area contributed by atoms with Crippen molar-refractivity contribution in [1.29, 1.82) is 0 Å². The Morgan fingerprint density at radius 2 is 1.89 bits per heavy atom. The van der Waals surface area contributed by atoms with Crippen molar-refractivity contribution in [2.24, 2.45) is 0 Å². The van der Waals surface area contributed by atoms with Crippen LogP contribution in [0.2, 0.25) is 0 Å². The summed E-state index contributed by atoms with van der Waals surface area (Å²) in [4.78, 5) is 30.4. The molecule has 1 atom stereocenters. The molecule has 1 aromatic carbocycles. The van der Waals surface area contributed by atoms with Gasteiger partial charge in [0.15, 0.2) is 5.78 Å². The van der Waals surface area contributed by atoms with Crippen LogP contribution in [0.3, 0.4) is 0 Å². The fourth-order valence-corrected chi connectivity index (χ4v) is 3.55. The van der Waals surface area contributed by atoms with E-state index >= 15 is 0 Å². The van der Waals surface area contributed by atoms with E-state index in [0.29, 0.717) is 35.1 Å². The molecule has 3 rings (SSSR count). The number of ketones is 1. The number of rotatable bonds is 7. The molecule has 27 heavy (non-hydrogen) atoms. The number of ether oxygens (including phenoxy) is 1. The number of nitrogens with zero attached hydrogens (tertiary/aromatic N) is 1. The molecule has 0 bridgehead atoms. The highest BCUT2D eigenvalue weighted by Gasteiger charge is 2.36. The Balaban J connectivity index is 1.84. The second-order valence-corrected chi connectivity index (χ2v) is 7.19. The molecule has 1 aliphatic rings. The minimum atomic E-state index is -0.446. The number of methoxy groups -OCH3 is 1. The lowest BCUT2D eigenvalue weighted by molar-refractivity contribution is 0.0599. The molecule has 1 fully saturated rings. The number of carbonyl (C=O) groups is 2. The predicted molar refractivity (Wildman–Crippen MR) is 100 cm³/mol. The number of H-pyrrole nitrogens is 1. The molecule has 0 saturated heterocycles. The monoisotopic (exact) mass is 372 g/mol. The maximum absolute atomic E-state index is 13.2. The fourth-order valence-electron chi connectivity index (χ4n) is 3.55. The predicted octanol–water partition coefficient (Wildman–Crippen LogP) is 3.79. The summed E-state index contributed by atoms with van der Waals surface area (Å²) >= 11 is 0. The van der Waals surface area contributed by atoms with Crippen molar-refractivity contribution >= 4 is 11.8 Å². The topological polar surface area (TPSA) is 62.4 Å². The number of hydrogen-bond acceptors (Lipinski definition) is 4. The van der Waals surface area contributed by atoms with Gasteiger partial charge in [0.2, 0.25) is 0 Å². The van der Waals surface area contributed by atoms with Crippen LogP contribution in [-0.2, 0) is 11.3 Å². The zero-order valence-corrected chi connectivity index (χ0v) is 16.1. The molecule has 1 aromatic heterocycles. The highest BCUT2D eigenvalue weighted by atomic mass is 19.1. The number of nitrogens with one attached hydrogen (secondary N) is 1. The maximum Gasteiger partial charge on any atom is 0.339 e. The van der Waals surface area contributed by atoms with Crippen molar-refractivity contribution in [2.45, 2.75) is 52.2 Å². The van der Waals surface area contributed by atoms with E-state index in [1.165, 1.54) is 19.2 Å². The van der Waals surface area contributed by atoms with Crippen molar-refractivity contribution in [2.75, 3.05) is 7.11 Å². The van der Waals surface area contributed by atoms with Gasteiger partial charge in [-0.1, -0.05) is 12.1 Å². The molecule has 0 spiro atoms. The molecule has 2 aromatic rings. The summed E-state index contributed by atoms with van der Waals surface area (Å²) < 4.78 is 18.0. The third kappa shape index (κ3) is 3.95. The van der Waals surface area contributed by atoms with E-state index in [-0.39, 0.29) is 17.6 Å². The Kier molecular flexibility index (Phi) is 5.46. The van der Waals surface area contributed by atoms with Gasteiger partial charge < -0.3 is 9.72 Å². The molecule has 0 aliphatic heterocycles. The van der Waals surface area contributed by atoms with Crippen molar-refractivity contribution in [3.63, 3.8) is 0 Å². The van der Waals surface area contributed by atoms with Crippen LogP contribution >= 0.6 is 0 Å². The highest BCUT2D eigenvalue weighted by Crippen LogP contribution is 2.32. The molecular weight excluding hydrogens is 347 g/mol. The highest BCUT2D eigenvalue weighted by molar-refractivity contribution is 6.03. The largest absolute Gasteiger partial charge is 0.465 e. The summed E-state index contributed by atoms with van der Waals surface area (Å²) in [5.41, 5.74) is 3.09. The van der Waals surface area contributed by atoms with Crippen molar-refractivity contribution < 1.29 is 18.7 Å². The van der Waals surface area contributed by atoms with Gasteiger partial charge in [-0.3, -0.25) is 9.69 Å². The first-order valence-corrected chi connectivity index (χ1v) is 9.15. The quantitative estimate of drug-likeness (QED) is 0.593. The van der Waals surface area contributed by atoms with Crippen LogP contribution in [-0.4, -0.2) is 40.8 Å². The van der Waals surface area contributed by atoms with E-state index in [4.69, 9.17) is 4.74 Å². The lowest BCUT2D eigenvalue weighted by Gasteiger charge is -2.28. The number of aromatic nitrogens is 1. The summed E-state index contributed by atoms with van der Waals surface area (Å²) in [5.74, 6) is -0.772. The van der Waals surface area contributed by atoms with Gasteiger partial charge in [0.05, 0.1) is 24.4 Å². The van der Waals surface area contributed by atoms with Crippen LogP contribution in [0.4, 0.5) is 4.39 Å². The molecule has 0 radical (unpaired) electrons. The average molecular weight is 372 g/mol. The molecular formula is C21H25FN2O3. The number of aromatic amines is 1. The first kappa shape index (κ1) is 19.3. The zero-order valence-electron chi connectivity index (χ0n) is 16.1. The smallest absolute Gasteiger partial charge is 0.339 e. The van der Waals surface area contributed by atoms with Gasteiger partial charge in [-0.05, 0) is 56.9 Å². The summed E-state index contributed by atoms with van der Waals surface area (Å²) in [7, 11) is 1.33. The normalized spacial score (nSPS) is 15.0. The molecule has 5 nitrogen and oxygen atoms in total. The Hall–Kier alpha value is -2.47. The average Bonchev–Trinajstić information content (AvgIpc) is 3.44. The van der Waals surface area contributed by atoms with Crippen LogP contribution in [0.25, 0.3) is 0 Å². The van der Waals surface area contributed by atoms with Crippen molar-refractivity contribution in [3.8, 4) is 0 Å². The van der Waals surface area contributed by atoms with Gasteiger partial charge in [0.1, 0.15) is 5.82 Å². The van der Waals surface area contributed by atoms with E-state index in [1.54, 1.807) is 26.0 Å². The molecule has 1 saturated carbocycles. The van der Waals surface area contributed by atoms with Gasteiger partial charge >= 0.3 is 5.97 Å². The summed E-state index contributed by atoms with van der Waals surface area (Å²) in [6.07, 6.45) is 2.10. The molecule has 144 valence electrons. The first-order valence-electron chi connectivity index (χ1n) is 9.15. The number of carbonyl (C=O) groups excluding carboxylic acids is 2. The second-order valence-electron chi connectivity index (χ2n) is 7.19. The van der Waals surface area contributed by atoms with E-state index in [0.717, 1.165) is 18.4 Å². The van der Waals surface area contributed by atoms with Crippen LogP contribution in [0, 0.1) is 19.7 Å². The Bertz CT molecular complexity index is 853. The van der Waals surface area contributed by atoms with Gasteiger partial charge in [-0.25, -0.2) is 9.18 Å². The number of esters is 1. The van der Waals surface area contributed by atoms with Gasteiger partial charge in [0, 0.05) is 18.3 Å². The lowest BCUT2D eigenvalue weighted by Crippen LogP contribution is -2.40. The molecule has 1 N–H and O–H groups in total. The first-order chi connectivity index (χ1) is 12.8. The summed E-state index contributed by atoms with van der Waals surface area (Å²) in [6, 6.07) is 6.38. The van der Waals surface area contributed by atoms with Gasteiger partial charge in [-0.2, -0.15) is 0 Å². The molecule has 0 amide bonds. The van der Waals surface area contributed by atoms with Crippen molar-refractivity contribution in [3.05, 3.63) is 58.2 Å². The van der Waals surface area contributed by atoms with E-state index in [1.807, 2.05) is 6.92 Å². The number of aryl methyl sites for hydroxylation is 1. The SMILES string of the molecule is COC(=O)c1c(C)[nH]c(C(=O)[C@H](C)N(Cc2ccc(F)cc2)C2CC2)c1C. The van der Waals surface area contributed by atoms with Crippen LogP contribution in [0.15, 0.2) is 24.3 Å². The lowest BCUT2D eigenvalue weighted by atomic mass is 10.0. The number of hydrogen-bond donors (Lipinski definition) is 1. The third-order valence-electron chi connectivity index (χ3n) is 5.24. The second kappa shape index (κ2) is 7.64. The van der Waals surface area contributed by atoms with E-state index in [9.17, 15) is 14.0 Å². The summed E-state index contributed by atoms with van der Waals surface area (Å²) in [5, 5.41) is 0. The van der Waals surface area contributed by atoms with E-state index in [2.05, 4.69) is 9.88 Å². The Labute approximate surface area is 158 Å². The minimum Gasteiger partial charge on any atom is -0.465 e. The van der Waals surface area contributed by atoms with Crippen molar-refractivity contribution in [1.82, 2.24) is 9.88 Å². The molecule has 6 heteroatoms. The van der Waals surface area contributed by atoms with Crippen LogP contribution in [0.1, 0.15) is 57.4 Å². The van der Waals surface area contributed by atoms with E-state index < -0.39 is 5.97 Å². The van der Waals surface area contributed by atoms with Gasteiger partial charge in [-0.15, -0.1) is 0 Å². The Morgan fingerprint density at radius 3 is 2.44 bits per heavy atom. The third-order valence-corrected chi connectivity index (χ3v) is 5.24. The standard InChI is InChI=1S/C21H25FN2O3/c1-12-18(21(26)27-4)13(2)23-19(12)20(25)14(3)24(17-9-10-17)11-15-5-7-16(22)8-6-15/h5-8,14,17,23H,9-11H2,1-4H3/t14-/m0/s1. The fraction of sp³-hybridized carbons (Fsp3) is 0.429. The maximum atomic E-state index is 13.2. The molecule has 1 aliphatic carbocycles. The zero-order chi connectivity index (χ0) is 19.7. The number of halogens is 1. The van der Waals surface area contributed by atoms with Crippen LogP contribution < -0.4 is 0 Å². The molecule has 1 heterocycles. The number of Topliss-reactive ketones (excluding diaryl/α,β-unsaturated/α-hetero) is 1. The Morgan fingerprint density at radius 1 is 1.26 bits per heavy atom. The number of benzene rings is 1. The minimum absolute atomic E-state index is 0.0558. The van der Waals surface area contributed by atoms with Crippen LogP contribution in [0.5, 0.6) is 0 Å². The summed E-state index contributed by atoms with van der Waals surface area (Å²) in [6.45, 7) is 5.99.